The van der Waals surface area contributed by atoms with E-state index in [1.54, 1.807) is 0 Å². The van der Waals surface area contributed by atoms with E-state index in [0.717, 1.165) is 31.7 Å². The SMILES string of the molecule is CCOC(=O)[C@]1(S)CCCN(C2CNC(CS)CO2)C1. The summed E-state index contributed by atoms with van der Waals surface area (Å²) in [7, 11) is 0. The van der Waals surface area contributed by atoms with E-state index >= 15 is 0 Å². The number of carbonyl (C=O) groups excluding carboxylic acids is 1. The molecule has 2 saturated heterocycles. The Morgan fingerprint density at radius 1 is 1.60 bits per heavy atom. The van der Waals surface area contributed by atoms with Crippen LogP contribution in [0.25, 0.3) is 0 Å². The number of ether oxygens (including phenoxy) is 2. The molecule has 0 aromatic carbocycles. The fourth-order valence-electron chi connectivity index (χ4n) is 2.71. The Kier molecular flexibility index (Phi) is 6.04. The van der Waals surface area contributed by atoms with Crippen molar-refractivity contribution in [2.45, 2.75) is 36.8 Å². The molecule has 3 atom stereocenters. The number of esters is 1. The van der Waals surface area contributed by atoms with Gasteiger partial charge in [0.25, 0.3) is 0 Å². The Labute approximate surface area is 131 Å². The maximum absolute atomic E-state index is 12.1. The average Bonchev–Trinajstić information content (AvgIpc) is 2.48. The summed E-state index contributed by atoms with van der Waals surface area (Å²) < 4.78 is 10.3. The van der Waals surface area contributed by atoms with Gasteiger partial charge in [0.05, 0.1) is 13.2 Å². The molecule has 2 aliphatic heterocycles. The molecule has 2 unspecified atom stereocenters. The number of carbonyl (C=O) groups is 1. The minimum atomic E-state index is -0.710. The summed E-state index contributed by atoms with van der Waals surface area (Å²) in [4.78, 5) is 14.2. The number of nitrogens with zero attached hydrogens (tertiary/aromatic N) is 1. The molecule has 0 amide bonds. The zero-order chi connectivity index (χ0) is 14.6. The third kappa shape index (κ3) is 3.82. The quantitative estimate of drug-likeness (QED) is 0.522. The van der Waals surface area contributed by atoms with Gasteiger partial charge in [-0.1, -0.05) is 0 Å². The van der Waals surface area contributed by atoms with Gasteiger partial charge in [0.15, 0.2) is 0 Å². The first-order valence-electron chi connectivity index (χ1n) is 7.18. The van der Waals surface area contributed by atoms with E-state index in [0.29, 0.717) is 25.8 Å². The van der Waals surface area contributed by atoms with Crippen LogP contribution in [0.3, 0.4) is 0 Å². The lowest BCUT2D eigenvalue weighted by atomic mass is 9.96. The second-order valence-corrected chi connectivity index (χ2v) is 6.62. The molecule has 2 fully saturated rings. The van der Waals surface area contributed by atoms with Crippen molar-refractivity contribution in [1.29, 1.82) is 0 Å². The monoisotopic (exact) mass is 320 g/mol. The molecule has 0 aromatic rings. The Bertz CT molecular complexity index is 338. The number of piperidine rings is 1. The maximum atomic E-state index is 12.1. The highest BCUT2D eigenvalue weighted by molar-refractivity contribution is 7.82. The summed E-state index contributed by atoms with van der Waals surface area (Å²) in [5.41, 5.74) is 0. The lowest BCUT2D eigenvalue weighted by Crippen LogP contribution is -2.59. The summed E-state index contributed by atoms with van der Waals surface area (Å²) in [5, 5.41) is 3.41. The van der Waals surface area contributed by atoms with Crippen molar-refractivity contribution in [3.8, 4) is 0 Å². The number of rotatable bonds is 4. The molecular formula is C13H24N2O3S2. The van der Waals surface area contributed by atoms with Crippen molar-refractivity contribution < 1.29 is 14.3 Å². The zero-order valence-electron chi connectivity index (χ0n) is 11.9. The van der Waals surface area contributed by atoms with Crippen LogP contribution in [0.2, 0.25) is 0 Å². The van der Waals surface area contributed by atoms with Gasteiger partial charge >= 0.3 is 5.97 Å². The predicted molar refractivity (Wildman–Crippen MR) is 84.5 cm³/mol. The Balaban J connectivity index is 1.92. The highest BCUT2D eigenvalue weighted by Crippen LogP contribution is 2.30. The number of nitrogens with one attached hydrogen (secondary N) is 1. The number of likely N-dealkylation sites (tertiary alicyclic amines) is 1. The fourth-order valence-corrected chi connectivity index (χ4v) is 3.35. The van der Waals surface area contributed by atoms with Crippen LogP contribution in [0.1, 0.15) is 19.8 Å². The number of thiol groups is 2. The predicted octanol–water partition coefficient (Wildman–Crippen LogP) is 0.558. The Hall–Kier alpha value is 0.0500. The molecule has 0 radical (unpaired) electrons. The van der Waals surface area contributed by atoms with Crippen molar-refractivity contribution in [2.75, 3.05) is 38.6 Å². The van der Waals surface area contributed by atoms with Gasteiger partial charge in [0, 0.05) is 31.4 Å². The van der Waals surface area contributed by atoms with Crippen LogP contribution in [-0.2, 0) is 14.3 Å². The van der Waals surface area contributed by atoms with Gasteiger partial charge in [-0.15, -0.1) is 0 Å². The molecule has 2 heterocycles. The third-order valence-electron chi connectivity index (χ3n) is 3.85. The molecule has 0 spiro atoms. The van der Waals surface area contributed by atoms with Crippen molar-refractivity contribution in [3.63, 3.8) is 0 Å². The second-order valence-electron chi connectivity index (χ2n) is 5.40. The molecular weight excluding hydrogens is 296 g/mol. The van der Waals surface area contributed by atoms with E-state index in [4.69, 9.17) is 9.47 Å². The number of hydrogen-bond donors (Lipinski definition) is 3. The molecule has 0 saturated carbocycles. The van der Waals surface area contributed by atoms with Crippen LogP contribution >= 0.6 is 25.3 Å². The average molecular weight is 320 g/mol. The smallest absolute Gasteiger partial charge is 0.323 e. The van der Waals surface area contributed by atoms with Gasteiger partial charge in [-0.05, 0) is 19.8 Å². The molecule has 2 aliphatic rings. The van der Waals surface area contributed by atoms with Crippen LogP contribution in [0.15, 0.2) is 0 Å². The molecule has 0 bridgehead atoms. The van der Waals surface area contributed by atoms with Crippen molar-refractivity contribution >= 4 is 31.2 Å². The van der Waals surface area contributed by atoms with E-state index in [9.17, 15) is 4.79 Å². The van der Waals surface area contributed by atoms with E-state index in [1.807, 2.05) is 6.92 Å². The number of hydrogen-bond acceptors (Lipinski definition) is 7. The molecule has 2 rings (SSSR count). The summed E-state index contributed by atoms with van der Waals surface area (Å²) in [6.45, 7) is 5.14. The molecule has 1 N–H and O–H groups in total. The summed E-state index contributed by atoms with van der Waals surface area (Å²) in [5.74, 6) is 0.552. The standard InChI is InChI=1S/C13H24N2O3S2/c1-2-17-12(16)13(20)4-3-5-15(9-13)11-6-14-10(8-19)7-18-11/h10-11,14,19-20H,2-9H2,1H3/t10?,11?,13-/m0/s1. The lowest BCUT2D eigenvalue weighted by molar-refractivity contribution is -0.151. The molecule has 7 heteroatoms. The first kappa shape index (κ1) is 16.4. The second kappa shape index (κ2) is 7.35. The molecule has 20 heavy (non-hydrogen) atoms. The topological polar surface area (TPSA) is 50.8 Å². The summed E-state index contributed by atoms with van der Waals surface area (Å²) in [6.07, 6.45) is 1.69. The third-order valence-corrected chi connectivity index (χ3v) is 4.84. The largest absolute Gasteiger partial charge is 0.465 e. The van der Waals surface area contributed by atoms with Gasteiger partial charge < -0.3 is 14.8 Å². The van der Waals surface area contributed by atoms with Crippen molar-refractivity contribution in [2.24, 2.45) is 0 Å². The van der Waals surface area contributed by atoms with Crippen LogP contribution < -0.4 is 5.32 Å². The normalized spacial score (nSPS) is 35.8. The van der Waals surface area contributed by atoms with Gasteiger partial charge in [-0.3, -0.25) is 9.69 Å². The van der Waals surface area contributed by atoms with E-state index in [1.165, 1.54) is 0 Å². The highest BCUT2D eigenvalue weighted by atomic mass is 32.1. The maximum Gasteiger partial charge on any atom is 0.323 e. The van der Waals surface area contributed by atoms with Crippen LogP contribution in [0, 0.1) is 0 Å². The zero-order valence-corrected chi connectivity index (χ0v) is 13.7. The molecule has 116 valence electrons. The first-order valence-corrected chi connectivity index (χ1v) is 8.26. The van der Waals surface area contributed by atoms with Gasteiger partial charge in [0.2, 0.25) is 0 Å². The number of morpholine rings is 1. The van der Waals surface area contributed by atoms with E-state index in [-0.39, 0.29) is 12.2 Å². The van der Waals surface area contributed by atoms with Crippen LogP contribution in [0.5, 0.6) is 0 Å². The first-order chi connectivity index (χ1) is 9.59. The van der Waals surface area contributed by atoms with Gasteiger partial charge in [-0.2, -0.15) is 25.3 Å². The van der Waals surface area contributed by atoms with Gasteiger partial charge in [-0.25, -0.2) is 0 Å². The Morgan fingerprint density at radius 3 is 3.00 bits per heavy atom. The van der Waals surface area contributed by atoms with E-state index < -0.39 is 4.75 Å². The van der Waals surface area contributed by atoms with E-state index in [2.05, 4.69) is 35.5 Å². The lowest BCUT2D eigenvalue weighted by Gasteiger charge is -2.43. The summed E-state index contributed by atoms with van der Waals surface area (Å²) >= 11 is 8.86. The van der Waals surface area contributed by atoms with Crippen LogP contribution in [0.4, 0.5) is 0 Å². The fraction of sp³-hybridized carbons (Fsp3) is 0.923. The molecule has 0 aliphatic carbocycles. The van der Waals surface area contributed by atoms with Crippen molar-refractivity contribution in [3.05, 3.63) is 0 Å². The van der Waals surface area contributed by atoms with Crippen LogP contribution in [-0.4, -0.2) is 66.5 Å². The van der Waals surface area contributed by atoms with Crippen molar-refractivity contribution in [1.82, 2.24) is 10.2 Å². The Morgan fingerprint density at radius 2 is 2.40 bits per heavy atom. The minimum absolute atomic E-state index is 0.00684. The molecule has 5 nitrogen and oxygen atoms in total. The minimum Gasteiger partial charge on any atom is -0.465 e. The highest BCUT2D eigenvalue weighted by Gasteiger charge is 2.42. The molecule has 0 aromatic heterocycles. The summed E-state index contributed by atoms with van der Waals surface area (Å²) in [6, 6.07) is 0.310. The van der Waals surface area contributed by atoms with Gasteiger partial charge in [0.1, 0.15) is 11.0 Å².